The van der Waals surface area contributed by atoms with Crippen LogP contribution in [0.4, 0.5) is 0 Å². The maximum absolute atomic E-state index is 9.29. The molecule has 0 spiro atoms. The van der Waals surface area contributed by atoms with Gasteiger partial charge in [-0.1, -0.05) is 12.2 Å². The zero-order chi connectivity index (χ0) is 19.6. The van der Waals surface area contributed by atoms with E-state index in [0.717, 1.165) is 64.2 Å². The second-order valence-electron chi connectivity index (χ2n) is 8.00. The molecule has 2 fully saturated rings. The number of aliphatic hydroxyl groups is 2. The highest BCUT2D eigenvalue weighted by atomic mass is 16.8. The molecule has 2 aliphatic carbocycles. The van der Waals surface area contributed by atoms with Crippen LogP contribution in [-0.2, 0) is 14.2 Å². The minimum Gasteiger partial charge on any atom is -0.394 e. The molecule has 0 atom stereocenters. The minimum absolute atomic E-state index is 0.0207. The summed E-state index contributed by atoms with van der Waals surface area (Å²) in [5, 5.41) is 18.6. The molecule has 156 valence electrons. The predicted octanol–water partition coefficient (Wildman–Crippen LogP) is 3.95. The Morgan fingerprint density at radius 2 is 1.11 bits per heavy atom. The number of allylic oxidation sites excluding steroid dienone is 2. The first-order valence-corrected chi connectivity index (χ1v) is 10.5. The van der Waals surface area contributed by atoms with Gasteiger partial charge in [0.2, 0.25) is 0 Å². The van der Waals surface area contributed by atoms with E-state index in [1.807, 2.05) is 12.2 Å². The topological polar surface area (TPSA) is 68.2 Å². The van der Waals surface area contributed by atoms with Gasteiger partial charge in [-0.15, -0.1) is 13.2 Å². The molecule has 2 aliphatic rings. The van der Waals surface area contributed by atoms with E-state index in [-0.39, 0.29) is 26.4 Å². The molecule has 0 aromatic rings. The van der Waals surface area contributed by atoms with Crippen LogP contribution in [0.3, 0.4) is 0 Å². The summed E-state index contributed by atoms with van der Waals surface area (Å²) in [6, 6.07) is 0. The van der Waals surface area contributed by atoms with Crippen molar-refractivity contribution < 1.29 is 24.4 Å². The molecule has 2 saturated carbocycles. The van der Waals surface area contributed by atoms with Crippen LogP contribution < -0.4 is 0 Å². The van der Waals surface area contributed by atoms with E-state index in [2.05, 4.69) is 13.2 Å². The van der Waals surface area contributed by atoms with Gasteiger partial charge in [0.05, 0.1) is 26.4 Å². The lowest BCUT2D eigenvalue weighted by Crippen LogP contribution is -2.52. The first-order valence-electron chi connectivity index (χ1n) is 10.5. The molecule has 5 nitrogen and oxygen atoms in total. The van der Waals surface area contributed by atoms with E-state index in [9.17, 15) is 10.2 Å². The summed E-state index contributed by atoms with van der Waals surface area (Å²) >= 11 is 0. The Bertz CT molecular complexity index is 394. The van der Waals surface area contributed by atoms with Gasteiger partial charge in [0.15, 0.2) is 11.6 Å². The van der Waals surface area contributed by atoms with Gasteiger partial charge in [0.1, 0.15) is 0 Å². The van der Waals surface area contributed by atoms with E-state index in [4.69, 9.17) is 14.2 Å². The van der Waals surface area contributed by atoms with E-state index in [1.165, 1.54) is 0 Å². The van der Waals surface area contributed by atoms with Crippen molar-refractivity contribution in [3.8, 4) is 0 Å². The van der Waals surface area contributed by atoms with Crippen molar-refractivity contribution in [2.45, 2.75) is 75.8 Å². The first kappa shape index (κ1) is 22.6. The number of aliphatic hydroxyl groups excluding tert-OH is 2. The number of ether oxygens (including phenoxy) is 3. The molecule has 0 heterocycles. The van der Waals surface area contributed by atoms with Crippen LogP contribution in [0, 0.1) is 11.8 Å². The zero-order valence-electron chi connectivity index (χ0n) is 16.7. The normalized spacial score (nSPS) is 34.3. The molecule has 5 heteroatoms. The largest absolute Gasteiger partial charge is 0.394 e. The lowest BCUT2D eigenvalue weighted by molar-refractivity contribution is -0.379. The molecule has 0 amide bonds. The fourth-order valence-electron chi connectivity index (χ4n) is 4.53. The molecule has 0 saturated heterocycles. The van der Waals surface area contributed by atoms with Crippen LogP contribution in [-0.4, -0.2) is 48.2 Å². The summed E-state index contributed by atoms with van der Waals surface area (Å²) < 4.78 is 18.8. The van der Waals surface area contributed by atoms with Crippen molar-refractivity contribution in [1.82, 2.24) is 0 Å². The fraction of sp³-hybridized carbons (Fsp3) is 0.818. The Kier molecular flexibility index (Phi) is 9.46. The van der Waals surface area contributed by atoms with Crippen molar-refractivity contribution in [2.24, 2.45) is 11.8 Å². The van der Waals surface area contributed by atoms with Gasteiger partial charge in [0, 0.05) is 25.7 Å². The number of rotatable bonds is 12. The highest BCUT2D eigenvalue weighted by Crippen LogP contribution is 2.45. The second-order valence-corrected chi connectivity index (χ2v) is 8.00. The average Bonchev–Trinajstić information content (AvgIpc) is 2.69. The van der Waals surface area contributed by atoms with Crippen molar-refractivity contribution >= 4 is 0 Å². The molecule has 0 unspecified atom stereocenters. The Labute approximate surface area is 164 Å². The number of hydrogen-bond donors (Lipinski definition) is 2. The summed E-state index contributed by atoms with van der Waals surface area (Å²) in [5.74, 6) is -0.174. The maximum atomic E-state index is 9.29. The molecular weight excluding hydrogens is 344 g/mol. The zero-order valence-corrected chi connectivity index (χ0v) is 16.7. The van der Waals surface area contributed by atoms with E-state index in [1.54, 1.807) is 0 Å². The van der Waals surface area contributed by atoms with Crippen LogP contribution in [0.2, 0.25) is 0 Å². The maximum Gasteiger partial charge on any atom is 0.171 e. The highest BCUT2D eigenvalue weighted by Gasteiger charge is 2.47. The van der Waals surface area contributed by atoms with Crippen LogP contribution in [0.5, 0.6) is 0 Å². The molecule has 0 radical (unpaired) electrons. The van der Waals surface area contributed by atoms with Gasteiger partial charge >= 0.3 is 0 Å². The Morgan fingerprint density at radius 1 is 0.741 bits per heavy atom. The molecule has 2 rings (SSSR count). The van der Waals surface area contributed by atoms with E-state index < -0.39 is 11.6 Å². The molecule has 0 aliphatic heterocycles. The summed E-state index contributed by atoms with van der Waals surface area (Å²) in [7, 11) is 0. The van der Waals surface area contributed by atoms with Gasteiger partial charge in [0.25, 0.3) is 0 Å². The Balaban J connectivity index is 2.08. The van der Waals surface area contributed by atoms with Gasteiger partial charge in [-0.25, -0.2) is 0 Å². The Hall–Kier alpha value is -0.720. The van der Waals surface area contributed by atoms with Crippen LogP contribution in [0.1, 0.15) is 64.2 Å². The molecular formula is C22H38O5. The third kappa shape index (κ3) is 6.68. The number of hydrogen-bond acceptors (Lipinski definition) is 5. The fourth-order valence-corrected chi connectivity index (χ4v) is 4.53. The van der Waals surface area contributed by atoms with Gasteiger partial charge in [-0.05, 0) is 50.4 Å². The van der Waals surface area contributed by atoms with Crippen molar-refractivity contribution in [3.63, 3.8) is 0 Å². The first-order chi connectivity index (χ1) is 13.1. The molecule has 0 aromatic carbocycles. The van der Waals surface area contributed by atoms with E-state index >= 15 is 0 Å². The third-order valence-electron chi connectivity index (χ3n) is 6.02. The van der Waals surface area contributed by atoms with Crippen LogP contribution >= 0.6 is 0 Å². The molecule has 2 N–H and O–H groups in total. The van der Waals surface area contributed by atoms with Gasteiger partial charge in [-0.2, -0.15) is 0 Å². The summed E-state index contributed by atoms with van der Waals surface area (Å²) in [4.78, 5) is 0. The van der Waals surface area contributed by atoms with Gasteiger partial charge < -0.3 is 24.4 Å². The smallest absolute Gasteiger partial charge is 0.171 e. The third-order valence-corrected chi connectivity index (χ3v) is 6.02. The second kappa shape index (κ2) is 11.3. The molecule has 27 heavy (non-hydrogen) atoms. The monoisotopic (exact) mass is 382 g/mol. The molecule has 0 bridgehead atoms. The summed E-state index contributed by atoms with van der Waals surface area (Å²) in [6.45, 7) is 8.20. The Morgan fingerprint density at radius 3 is 1.41 bits per heavy atom. The summed E-state index contributed by atoms with van der Waals surface area (Å²) in [5.41, 5.74) is 0. The van der Waals surface area contributed by atoms with Crippen molar-refractivity contribution in [2.75, 3.05) is 26.4 Å². The summed E-state index contributed by atoms with van der Waals surface area (Å²) in [6.07, 6.45) is 13.3. The van der Waals surface area contributed by atoms with Crippen LogP contribution in [0.15, 0.2) is 25.3 Å². The highest BCUT2D eigenvalue weighted by molar-refractivity contribution is 4.89. The van der Waals surface area contributed by atoms with Crippen molar-refractivity contribution in [1.29, 1.82) is 0 Å². The lowest BCUT2D eigenvalue weighted by Gasteiger charge is -2.48. The van der Waals surface area contributed by atoms with Crippen molar-refractivity contribution in [3.05, 3.63) is 25.3 Å². The molecule has 0 aromatic heterocycles. The quantitative estimate of drug-likeness (QED) is 0.395. The average molecular weight is 383 g/mol. The SMILES string of the molecule is C=CCC1CCC(OCCO)(OC2(OCCO)CCC(CC=C)CC2)CC1. The van der Waals surface area contributed by atoms with Gasteiger partial charge in [-0.3, -0.25) is 0 Å². The predicted molar refractivity (Wildman–Crippen MR) is 106 cm³/mol. The lowest BCUT2D eigenvalue weighted by atomic mass is 9.81. The van der Waals surface area contributed by atoms with E-state index in [0.29, 0.717) is 11.8 Å². The van der Waals surface area contributed by atoms with Crippen LogP contribution in [0.25, 0.3) is 0 Å². The minimum atomic E-state index is -0.707. The standard InChI is InChI=1S/C22H38O5/c1-3-5-19-7-11-21(12-8-19,25-17-15-23)27-22(26-18-16-24)13-9-20(6-4-2)10-14-22/h3-4,19-20,23-24H,1-2,5-18H2.